The molecule has 0 aliphatic heterocycles. The summed E-state index contributed by atoms with van der Waals surface area (Å²) in [6.45, 7) is 2.74. The van der Waals surface area contributed by atoms with E-state index >= 15 is 0 Å². The van der Waals surface area contributed by atoms with Gasteiger partial charge < -0.3 is 20.5 Å². The van der Waals surface area contributed by atoms with Crippen molar-refractivity contribution < 1.29 is 19.4 Å². The topological polar surface area (TPSA) is 87.7 Å². The van der Waals surface area contributed by atoms with Crippen molar-refractivity contribution in [2.45, 2.75) is 13.0 Å². The average Bonchev–Trinajstić information content (AvgIpc) is 2.15. The molecule has 0 bridgehead atoms. The molecule has 0 saturated heterocycles. The van der Waals surface area contributed by atoms with Crippen molar-refractivity contribution in [3.8, 4) is 0 Å². The molecule has 0 aliphatic carbocycles. The van der Waals surface area contributed by atoms with Crippen molar-refractivity contribution in [2.75, 3.05) is 26.7 Å². The summed E-state index contributed by atoms with van der Waals surface area (Å²) in [6, 6.07) is 0. The second kappa shape index (κ2) is 7.28. The smallest absolute Gasteiger partial charge is 0.334 e. The van der Waals surface area contributed by atoms with Gasteiger partial charge in [-0.05, 0) is 6.54 Å². The zero-order valence-electron chi connectivity index (χ0n) is 8.37. The fraction of sp³-hybridized carbons (Fsp3) is 0.750. The van der Waals surface area contributed by atoms with E-state index in [9.17, 15) is 9.59 Å². The van der Waals surface area contributed by atoms with Crippen LogP contribution in [0.5, 0.6) is 0 Å². The first-order valence-electron chi connectivity index (χ1n) is 4.34. The number of amides is 1. The van der Waals surface area contributed by atoms with Gasteiger partial charge in [0.25, 0.3) is 0 Å². The molecular weight excluding hydrogens is 188 g/mol. The third-order valence-electron chi connectivity index (χ3n) is 1.58. The van der Waals surface area contributed by atoms with Crippen LogP contribution in [-0.2, 0) is 14.3 Å². The molecule has 0 spiro atoms. The van der Waals surface area contributed by atoms with Crippen LogP contribution in [0.4, 0.5) is 0 Å². The minimum Gasteiger partial charge on any atom is -0.479 e. The molecule has 1 atom stereocenters. The van der Waals surface area contributed by atoms with Gasteiger partial charge in [-0.25, -0.2) is 4.79 Å². The van der Waals surface area contributed by atoms with E-state index in [4.69, 9.17) is 5.11 Å². The maximum Gasteiger partial charge on any atom is 0.334 e. The summed E-state index contributed by atoms with van der Waals surface area (Å²) in [4.78, 5) is 21.5. The molecule has 3 N–H and O–H groups in total. The second-order valence-electron chi connectivity index (χ2n) is 2.65. The SMILES string of the molecule is CCNCC(=O)NCC(OC)C(=O)O. The predicted molar refractivity (Wildman–Crippen MR) is 50.0 cm³/mol. The van der Waals surface area contributed by atoms with Gasteiger partial charge in [0.05, 0.1) is 13.1 Å². The lowest BCUT2D eigenvalue weighted by Gasteiger charge is -2.11. The quantitative estimate of drug-likeness (QED) is 0.485. The van der Waals surface area contributed by atoms with Crippen LogP contribution in [0, 0.1) is 0 Å². The molecule has 1 unspecified atom stereocenters. The minimum atomic E-state index is -1.09. The highest BCUT2D eigenvalue weighted by atomic mass is 16.5. The number of hydrogen-bond donors (Lipinski definition) is 3. The Morgan fingerprint density at radius 1 is 1.50 bits per heavy atom. The summed E-state index contributed by atoms with van der Waals surface area (Å²) in [7, 11) is 1.29. The molecule has 1 amide bonds. The predicted octanol–water partition coefficient (Wildman–Crippen LogP) is -1.19. The number of rotatable bonds is 7. The Bertz CT molecular complexity index is 196. The van der Waals surface area contributed by atoms with Crippen molar-refractivity contribution in [3.63, 3.8) is 0 Å². The molecule has 0 fully saturated rings. The van der Waals surface area contributed by atoms with Gasteiger partial charge in [0.15, 0.2) is 6.10 Å². The van der Waals surface area contributed by atoms with E-state index < -0.39 is 12.1 Å². The number of aliphatic carboxylic acids is 1. The lowest BCUT2D eigenvalue weighted by atomic mass is 10.3. The van der Waals surface area contributed by atoms with Crippen LogP contribution in [-0.4, -0.2) is 49.8 Å². The Kier molecular flexibility index (Phi) is 6.69. The van der Waals surface area contributed by atoms with Crippen molar-refractivity contribution >= 4 is 11.9 Å². The summed E-state index contributed by atoms with van der Waals surface area (Å²) >= 11 is 0. The van der Waals surface area contributed by atoms with Crippen LogP contribution in [0.1, 0.15) is 6.92 Å². The number of likely N-dealkylation sites (N-methyl/N-ethyl adjacent to an activating group) is 1. The minimum absolute atomic E-state index is 0.0178. The van der Waals surface area contributed by atoms with Gasteiger partial charge in [-0.3, -0.25) is 4.79 Å². The molecule has 6 nitrogen and oxygen atoms in total. The van der Waals surface area contributed by atoms with E-state index in [1.165, 1.54) is 7.11 Å². The zero-order chi connectivity index (χ0) is 11.0. The number of carboxylic acids is 1. The van der Waals surface area contributed by atoms with Crippen molar-refractivity contribution in [1.29, 1.82) is 0 Å². The summed E-state index contributed by atoms with van der Waals surface area (Å²) in [5, 5.41) is 13.8. The maximum atomic E-state index is 11.0. The number of nitrogens with one attached hydrogen (secondary N) is 2. The number of hydrogen-bond acceptors (Lipinski definition) is 4. The van der Waals surface area contributed by atoms with Crippen LogP contribution in [0.25, 0.3) is 0 Å². The molecule has 0 aromatic carbocycles. The van der Waals surface area contributed by atoms with E-state index in [1.54, 1.807) is 0 Å². The molecule has 0 heterocycles. The van der Waals surface area contributed by atoms with Gasteiger partial charge in [0.1, 0.15) is 0 Å². The number of carbonyl (C=O) groups excluding carboxylic acids is 1. The van der Waals surface area contributed by atoms with Crippen molar-refractivity contribution in [2.24, 2.45) is 0 Å². The fourth-order valence-electron chi connectivity index (χ4n) is 0.779. The van der Waals surface area contributed by atoms with Crippen LogP contribution in [0.15, 0.2) is 0 Å². The van der Waals surface area contributed by atoms with Gasteiger partial charge in [0.2, 0.25) is 5.91 Å². The molecule has 0 aromatic heterocycles. The highest BCUT2D eigenvalue weighted by Gasteiger charge is 2.16. The molecule has 14 heavy (non-hydrogen) atoms. The number of methoxy groups -OCH3 is 1. The van der Waals surface area contributed by atoms with Gasteiger partial charge >= 0.3 is 5.97 Å². The zero-order valence-corrected chi connectivity index (χ0v) is 8.37. The normalized spacial score (nSPS) is 12.1. The molecule has 0 saturated carbocycles. The van der Waals surface area contributed by atoms with Crippen LogP contribution in [0.2, 0.25) is 0 Å². The Labute approximate surface area is 82.6 Å². The van der Waals surface area contributed by atoms with E-state index in [0.29, 0.717) is 6.54 Å². The number of carbonyl (C=O) groups is 2. The average molecular weight is 204 g/mol. The standard InChI is InChI=1S/C8H16N2O4/c1-3-9-5-7(11)10-4-6(14-2)8(12)13/h6,9H,3-5H2,1-2H3,(H,10,11)(H,12,13). The van der Waals surface area contributed by atoms with Crippen LogP contribution >= 0.6 is 0 Å². The molecule has 82 valence electrons. The molecule has 6 heteroatoms. The van der Waals surface area contributed by atoms with E-state index in [2.05, 4.69) is 15.4 Å². The molecule has 0 radical (unpaired) electrons. The van der Waals surface area contributed by atoms with Gasteiger partial charge in [-0.2, -0.15) is 0 Å². The molecule has 0 aromatic rings. The first-order chi connectivity index (χ1) is 6.61. The first-order valence-corrected chi connectivity index (χ1v) is 4.34. The Morgan fingerprint density at radius 2 is 2.14 bits per heavy atom. The first kappa shape index (κ1) is 12.9. The van der Waals surface area contributed by atoms with Gasteiger partial charge in [-0.15, -0.1) is 0 Å². The number of ether oxygens (including phenoxy) is 1. The van der Waals surface area contributed by atoms with Gasteiger partial charge in [0, 0.05) is 7.11 Å². The van der Waals surface area contributed by atoms with E-state index in [1.807, 2.05) is 6.92 Å². The van der Waals surface area contributed by atoms with Crippen molar-refractivity contribution in [1.82, 2.24) is 10.6 Å². The molecular formula is C8H16N2O4. The maximum absolute atomic E-state index is 11.0. The number of carboxylic acid groups (broad SMARTS) is 1. The van der Waals surface area contributed by atoms with E-state index in [0.717, 1.165) is 0 Å². The highest BCUT2D eigenvalue weighted by Crippen LogP contribution is 1.87. The Balaban J connectivity index is 3.68. The monoisotopic (exact) mass is 204 g/mol. The largest absolute Gasteiger partial charge is 0.479 e. The summed E-state index contributed by atoms with van der Waals surface area (Å²) in [5.41, 5.74) is 0. The summed E-state index contributed by atoms with van der Waals surface area (Å²) < 4.78 is 4.63. The molecule has 0 aliphatic rings. The van der Waals surface area contributed by atoms with Crippen molar-refractivity contribution in [3.05, 3.63) is 0 Å². The fourth-order valence-corrected chi connectivity index (χ4v) is 0.779. The third-order valence-corrected chi connectivity index (χ3v) is 1.58. The second-order valence-corrected chi connectivity index (χ2v) is 2.65. The summed E-state index contributed by atoms with van der Waals surface area (Å²) in [5.74, 6) is -1.33. The Morgan fingerprint density at radius 3 is 2.57 bits per heavy atom. The third kappa shape index (κ3) is 5.50. The van der Waals surface area contributed by atoms with Crippen LogP contribution < -0.4 is 10.6 Å². The Hall–Kier alpha value is -1.14. The van der Waals surface area contributed by atoms with Crippen LogP contribution in [0.3, 0.4) is 0 Å². The lowest BCUT2D eigenvalue weighted by molar-refractivity contribution is -0.148. The summed E-state index contributed by atoms with van der Waals surface area (Å²) in [6.07, 6.45) is -0.986. The lowest BCUT2D eigenvalue weighted by Crippen LogP contribution is -2.41. The van der Waals surface area contributed by atoms with E-state index in [-0.39, 0.29) is 19.0 Å². The molecule has 0 rings (SSSR count). The highest BCUT2D eigenvalue weighted by molar-refractivity contribution is 5.79. The van der Waals surface area contributed by atoms with Gasteiger partial charge in [-0.1, -0.05) is 6.92 Å².